The first kappa shape index (κ1) is 10.9. The fourth-order valence-electron chi connectivity index (χ4n) is 4.47. The first-order chi connectivity index (χ1) is 7.86. The van der Waals surface area contributed by atoms with Gasteiger partial charge in [-0.05, 0) is 42.4 Å². The zero-order chi connectivity index (χ0) is 11.0. The molecule has 0 radical (unpaired) electrons. The Morgan fingerprint density at radius 2 is 1.38 bits per heavy atom. The van der Waals surface area contributed by atoms with Crippen LogP contribution in [0.25, 0.3) is 0 Å². The van der Waals surface area contributed by atoms with E-state index < -0.39 is 0 Å². The molecule has 0 aliphatic heterocycles. The van der Waals surface area contributed by atoms with Crippen molar-refractivity contribution in [2.75, 3.05) is 0 Å². The maximum Gasteiger partial charge on any atom is -0.0139 e. The van der Waals surface area contributed by atoms with Gasteiger partial charge in [-0.1, -0.05) is 57.6 Å². The van der Waals surface area contributed by atoms with Crippen molar-refractivity contribution in [2.24, 2.45) is 29.6 Å². The number of rotatable bonds is 0. The Balaban J connectivity index is 1.73. The lowest BCUT2D eigenvalue weighted by Gasteiger charge is -2.49. The summed E-state index contributed by atoms with van der Waals surface area (Å²) in [5.74, 6) is 5.02. The van der Waals surface area contributed by atoms with E-state index >= 15 is 0 Å². The second-order valence-electron chi connectivity index (χ2n) is 6.50. The maximum atomic E-state index is 2.52. The molecule has 0 heterocycles. The Kier molecular flexibility index (Phi) is 3.09. The summed E-state index contributed by atoms with van der Waals surface area (Å²) >= 11 is 0. The third-order valence-electron chi connectivity index (χ3n) is 5.65. The van der Waals surface area contributed by atoms with Crippen LogP contribution in [-0.2, 0) is 0 Å². The minimum Gasteiger partial charge on any atom is -0.0842 e. The SMILES string of the molecule is C[C@@H]1C2CCCCCCCC(C2)C2C=CC21. The van der Waals surface area contributed by atoms with Crippen molar-refractivity contribution in [1.29, 1.82) is 0 Å². The molecule has 3 rings (SSSR count). The number of hydrogen-bond donors (Lipinski definition) is 0. The van der Waals surface area contributed by atoms with Crippen LogP contribution in [0.5, 0.6) is 0 Å². The Bertz CT molecular complexity index is 259. The van der Waals surface area contributed by atoms with E-state index in [4.69, 9.17) is 0 Å². The van der Waals surface area contributed by atoms with Gasteiger partial charge in [-0.25, -0.2) is 0 Å². The average molecular weight is 218 g/mol. The Labute approximate surface area is 101 Å². The Morgan fingerprint density at radius 1 is 0.750 bits per heavy atom. The predicted octanol–water partition coefficient (Wildman–Crippen LogP) is 4.81. The van der Waals surface area contributed by atoms with E-state index in [-0.39, 0.29) is 0 Å². The van der Waals surface area contributed by atoms with Crippen LogP contribution >= 0.6 is 0 Å². The molecule has 0 amide bonds. The second-order valence-corrected chi connectivity index (χ2v) is 6.50. The molecule has 2 bridgehead atoms. The highest BCUT2D eigenvalue weighted by Crippen LogP contribution is 2.51. The number of allylic oxidation sites excluding steroid dienone is 2. The van der Waals surface area contributed by atoms with E-state index in [0.29, 0.717) is 0 Å². The highest BCUT2D eigenvalue weighted by molar-refractivity contribution is 5.15. The Morgan fingerprint density at radius 3 is 2.06 bits per heavy atom. The molecule has 4 unspecified atom stereocenters. The lowest BCUT2D eigenvalue weighted by molar-refractivity contribution is 0.0663. The third kappa shape index (κ3) is 1.85. The van der Waals surface area contributed by atoms with Crippen molar-refractivity contribution in [3.63, 3.8) is 0 Å². The van der Waals surface area contributed by atoms with Crippen molar-refractivity contribution in [1.82, 2.24) is 0 Å². The first-order valence-corrected chi connectivity index (χ1v) is 7.54. The van der Waals surface area contributed by atoms with Gasteiger partial charge in [0.2, 0.25) is 0 Å². The zero-order valence-electron chi connectivity index (χ0n) is 10.7. The minimum absolute atomic E-state index is 0.961. The summed E-state index contributed by atoms with van der Waals surface area (Å²) in [5, 5.41) is 0. The Hall–Kier alpha value is -0.260. The van der Waals surface area contributed by atoms with E-state index in [9.17, 15) is 0 Å². The van der Waals surface area contributed by atoms with E-state index in [0.717, 1.165) is 29.6 Å². The molecule has 3 aliphatic rings. The van der Waals surface area contributed by atoms with Gasteiger partial charge in [0.05, 0.1) is 0 Å². The maximum absolute atomic E-state index is 2.52. The van der Waals surface area contributed by atoms with Gasteiger partial charge in [0.15, 0.2) is 0 Å². The molecule has 0 aromatic carbocycles. The highest BCUT2D eigenvalue weighted by Gasteiger charge is 2.43. The van der Waals surface area contributed by atoms with Gasteiger partial charge >= 0.3 is 0 Å². The zero-order valence-corrected chi connectivity index (χ0v) is 10.7. The lowest BCUT2D eigenvalue weighted by atomic mass is 9.56. The van der Waals surface area contributed by atoms with Gasteiger partial charge in [0.25, 0.3) is 0 Å². The summed E-state index contributed by atoms with van der Waals surface area (Å²) < 4.78 is 0. The molecule has 16 heavy (non-hydrogen) atoms. The van der Waals surface area contributed by atoms with Gasteiger partial charge in [0.1, 0.15) is 0 Å². The van der Waals surface area contributed by atoms with Crippen LogP contribution in [0.15, 0.2) is 12.2 Å². The van der Waals surface area contributed by atoms with Gasteiger partial charge in [-0.2, -0.15) is 0 Å². The quantitative estimate of drug-likeness (QED) is 0.512. The summed E-state index contributed by atoms with van der Waals surface area (Å²) in [7, 11) is 0. The average Bonchev–Trinajstić information content (AvgIpc) is 2.23. The van der Waals surface area contributed by atoms with Crippen LogP contribution in [0.2, 0.25) is 0 Å². The van der Waals surface area contributed by atoms with Crippen LogP contribution in [0.1, 0.15) is 58.3 Å². The molecule has 0 nitrogen and oxygen atoms in total. The molecule has 0 aromatic heterocycles. The molecule has 0 aromatic rings. The molecule has 90 valence electrons. The summed E-state index contributed by atoms with van der Waals surface area (Å²) in [4.78, 5) is 0. The van der Waals surface area contributed by atoms with Gasteiger partial charge in [0, 0.05) is 0 Å². The molecular formula is C16H26. The van der Waals surface area contributed by atoms with Crippen molar-refractivity contribution in [3.05, 3.63) is 12.2 Å². The fourth-order valence-corrected chi connectivity index (χ4v) is 4.47. The van der Waals surface area contributed by atoms with Crippen molar-refractivity contribution in [2.45, 2.75) is 58.3 Å². The normalized spacial score (nSPS) is 47.9. The minimum atomic E-state index is 0.961. The highest BCUT2D eigenvalue weighted by atomic mass is 14.5. The molecule has 0 N–H and O–H groups in total. The van der Waals surface area contributed by atoms with E-state index in [2.05, 4.69) is 19.1 Å². The molecular weight excluding hydrogens is 192 g/mol. The van der Waals surface area contributed by atoms with Gasteiger partial charge in [-0.3, -0.25) is 0 Å². The smallest absolute Gasteiger partial charge is 0.0139 e. The van der Waals surface area contributed by atoms with Crippen molar-refractivity contribution < 1.29 is 0 Å². The van der Waals surface area contributed by atoms with E-state index in [1.807, 2.05) is 0 Å². The predicted molar refractivity (Wildman–Crippen MR) is 69.2 cm³/mol. The molecule has 5 atom stereocenters. The first-order valence-electron chi connectivity index (χ1n) is 7.54. The topological polar surface area (TPSA) is 0 Å². The third-order valence-corrected chi connectivity index (χ3v) is 5.65. The van der Waals surface area contributed by atoms with Crippen LogP contribution in [-0.4, -0.2) is 0 Å². The second kappa shape index (κ2) is 4.55. The lowest BCUT2D eigenvalue weighted by Crippen LogP contribution is -2.41. The molecule has 0 saturated heterocycles. The van der Waals surface area contributed by atoms with Crippen LogP contribution in [0, 0.1) is 29.6 Å². The monoisotopic (exact) mass is 218 g/mol. The largest absolute Gasteiger partial charge is 0.0842 e. The fraction of sp³-hybridized carbons (Fsp3) is 0.875. The standard InChI is InChI=1S/C16H26/c1-12-13-7-5-3-2-4-6-8-14(11-13)16-10-9-15(12)16/h9-10,12-16H,2-8,11H2,1H3/t12-,13?,14?,15?,16?/m1/s1. The van der Waals surface area contributed by atoms with Gasteiger partial charge in [-0.15, -0.1) is 0 Å². The summed E-state index contributed by atoms with van der Waals surface area (Å²) in [6.07, 6.45) is 17.1. The molecule has 0 spiro atoms. The van der Waals surface area contributed by atoms with E-state index in [1.165, 1.54) is 44.9 Å². The van der Waals surface area contributed by atoms with Gasteiger partial charge < -0.3 is 0 Å². The number of fused-ring (bicyclic) bond motifs is 4. The molecule has 2 fully saturated rings. The summed E-state index contributed by atoms with van der Waals surface area (Å²) in [6, 6.07) is 0. The number of hydrogen-bond acceptors (Lipinski definition) is 0. The summed E-state index contributed by atoms with van der Waals surface area (Å²) in [5.41, 5.74) is 0. The van der Waals surface area contributed by atoms with Crippen LogP contribution in [0.4, 0.5) is 0 Å². The summed E-state index contributed by atoms with van der Waals surface area (Å²) in [6.45, 7) is 2.52. The molecule has 2 saturated carbocycles. The molecule has 0 heteroatoms. The van der Waals surface area contributed by atoms with Crippen molar-refractivity contribution in [3.8, 4) is 0 Å². The van der Waals surface area contributed by atoms with E-state index in [1.54, 1.807) is 6.42 Å². The van der Waals surface area contributed by atoms with Crippen LogP contribution < -0.4 is 0 Å². The van der Waals surface area contributed by atoms with Crippen molar-refractivity contribution >= 4 is 0 Å². The molecule has 3 aliphatic carbocycles. The van der Waals surface area contributed by atoms with Crippen LogP contribution in [0.3, 0.4) is 0 Å².